The summed E-state index contributed by atoms with van der Waals surface area (Å²) in [5.74, 6) is 0.486. The standard InChI is InChI=1S/C18H32O2/c1-2-17(9-6-7-10-17)16(19)15-8-13-20-18(14-15)11-4-3-5-12-18/h15-16,19H,2-14H2,1H3. The van der Waals surface area contributed by atoms with Crippen molar-refractivity contribution >= 4 is 0 Å². The van der Waals surface area contributed by atoms with Gasteiger partial charge in [0.15, 0.2) is 0 Å². The fourth-order valence-corrected chi connectivity index (χ4v) is 5.32. The van der Waals surface area contributed by atoms with Crippen molar-refractivity contribution in [1.82, 2.24) is 0 Å². The smallest absolute Gasteiger partial charge is 0.0686 e. The molecule has 2 atom stereocenters. The normalized spacial score (nSPS) is 34.2. The lowest BCUT2D eigenvalue weighted by atomic mass is 9.67. The van der Waals surface area contributed by atoms with Gasteiger partial charge in [0, 0.05) is 6.61 Å². The van der Waals surface area contributed by atoms with Crippen molar-refractivity contribution in [3.8, 4) is 0 Å². The Kier molecular flexibility index (Phi) is 4.42. The minimum Gasteiger partial charge on any atom is -0.392 e. The van der Waals surface area contributed by atoms with Gasteiger partial charge in [-0.05, 0) is 56.3 Å². The van der Waals surface area contributed by atoms with Gasteiger partial charge in [0.05, 0.1) is 11.7 Å². The molecule has 3 aliphatic rings. The molecule has 20 heavy (non-hydrogen) atoms. The summed E-state index contributed by atoms with van der Waals surface area (Å²) >= 11 is 0. The van der Waals surface area contributed by atoms with E-state index in [1.54, 1.807) is 0 Å². The summed E-state index contributed by atoms with van der Waals surface area (Å²) in [6.07, 6.45) is 14.9. The first-order chi connectivity index (χ1) is 9.70. The molecule has 1 spiro atoms. The van der Waals surface area contributed by atoms with Crippen molar-refractivity contribution in [2.45, 2.75) is 95.7 Å². The molecule has 1 aliphatic heterocycles. The van der Waals surface area contributed by atoms with E-state index in [1.807, 2.05) is 0 Å². The van der Waals surface area contributed by atoms with Crippen molar-refractivity contribution < 1.29 is 9.84 Å². The highest BCUT2D eigenvalue weighted by molar-refractivity contribution is 4.98. The topological polar surface area (TPSA) is 29.5 Å². The van der Waals surface area contributed by atoms with Crippen molar-refractivity contribution in [2.75, 3.05) is 6.61 Å². The van der Waals surface area contributed by atoms with E-state index in [9.17, 15) is 5.11 Å². The van der Waals surface area contributed by atoms with Crippen LogP contribution in [0.2, 0.25) is 0 Å². The van der Waals surface area contributed by atoms with E-state index in [1.165, 1.54) is 57.8 Å². The fraction of sp³-hybridized carbons (Fsp3) is 1.00. The van der Waals surface area contributed by atoms with Gasteiger partial charge in [-0.1, -0.05) is 39.0 Å². The summed E-state index contributed by atoms with van der Waals surface area (Å²) in [4.78, 5) is 0. The molecule has 2 heteroatoms. The zero-order valence-corrected chi connectivity index (χ0v) is 13.2. The molecule has 0 aromatic carbocycles. The molecule has 3 rings (SSSR count). The predicted molar refractivity (Wildman–Crippen MR) is 81.7 cm³/mol. The van der Waals surface area contributed by atoms with Gasteiger partial charge in [0.1, 0.15) is 0 Å². The Morgan fingerprint density at radius 2 is 1.70 bits per heavy atom. The van der Waals surface area contributed by atoms with Crippen LogP contribution in [0.1, 0.15) is 84.0 Å². The number of aliphatic hydroxyl groups is 1. The Balaban J connectivity index is 1.69. The minimum absolute atomic E-state index is 0.0855. The molecule has 1 heterocycles. The van der Waals surface area contributed by atoms with Crippen LogP contribution in [0.3, 0.4) is 0 Å². The largest absolute Gasteiger partial charge is 0.392 e. The minimum atomic E-state index is -0.0855. The third kappa shape index (κ3) is 2.66. The molecule has 2 nitrogen and oxygen atoms in total. The summed E-state index contributed by atoms with van der Waals surface area (Å²) in [5, 5.41) is 11.1. The Bertz CT molecular complexity index is 308. The van der Waals surface area contributed by atoms with Gasteiger partial charge in [0.25, 0.3) is 0 Å². The Morgan fingerprint density at radius 3 is 2.35 bits per heavy atom. The maximum Gasteiger partial charge on any atom is 0.0686 e. The zero-order valence-electron chi connectivity index (χ0n) is 13.2. The van der Waals surface area contributed by atoms with Gasteiger partial charge >= 0.3 is 0 Å². The zero-order chi connectivity index (χ0) is 14.1. The number of aliphatic hydroxyl groups excluding tert-OH is 1. The second-order valence-electron chi connectivity index (χ2n) is 7.71. The van der Waals surface area contributed by atoms with Gasteiger partial charge in [0.2, 0.25) is 0 Å². The van der Waals surface area contributed by atoms with Gasteiger partial charge in [-0.25, -0.2) is 0 Å². The van der Waals surface area contributed by atoms with E-state index in [0.29, 0.717) is 5.92 Å². The van der Waals surface area contributed by atoms with Gasteiger partial charge in [-0.2, -0.15) is 0 Å². The summed E-state index contributed by atoms with van der Waals surface area (Å²) < 4.78 is 6.20. The van der Waals surface area contributed by atoms with E-state index in [-0.39, 0.29) is 17.1 Å². The van der Waals surface area contributed by atoms with Crippen molar-refractivity contribution in [3.63, 3.8) is 0 Å². The molecule has 116 valence electrons. The average Bonchev–Trinajstić information content (AvgIpc) is 2.97. The molecule has 0 bridgehead atoms. The number of hydrogen-bond donors (Lipinski definition) is 1. The molecule has 0 amide bonds. The second-order valence-corrected chi connectivity index (χ2v) is 7.71. The summed E-state index contributed by atoms with van der Waals surface area (Å²) in [6, 6.07) is 0. The lowest BCUT2D eigenvalue weighted by Gasteiger charge is -2.47. The number of rotatable bonds is 3. The van der Waals surface area contributed by atoms with Crippen LogP contribution in [0.5, 0.6) is 0 Å². The van der Waals surface area contributed by atoms with Crippen LogP contribution in [0.25, 0.3) is 0 Å². The number of ether oxygens (including phenoxy) is 1. The highest BCUT2D eigenvalue weighted by atomic mass is 16.5. The highest BCUT2D eigenvalue weighted by Crippen LogP contribution is 2.50. The molecule has 2 aliphatic carbocycles. The molecular formula is C18H32O2. The predicted octanol–water partition coefficient (Wildman–Crippen LogP) is 4.45. The first kappa shape index (κ1) is 14.8. The monoisotopic (exact) mass is 280 g/mol. The quantitative estimate of drug-likeness (QED) is 0.827. The van der Waals surface area contributed by atoms with Crippen molar-refractivity contribution in [1.29, 1.82) is 0 Å². The SMILES string of the molecule is CCC1(C(O)C2CCOC3(CCCCC3)C2)CCCC1. The average molecular weight is 280 g/mol. The molecule has 0 radical (unpaired) electrons. The molecule has 0 aromatic rings. The highest BCUT2D eigenvalue weighted by Gasteiger charge is 2.47. The molecule has 1 saturated heterocycles. The lowest BCUT2D eigenvalue weighted by molar-refractivity contribution is -0.149. The van der Waals surface area contributed by atoms with Gasteiger partial charge in [-0.15, -0.1) is 0 Å². The van der Waals surface area contributed by atoms with Gasteiger partial charge in [-0.3, -0.25) is 0 Å². The van der Waals surface area contributed by atoms with Crippen LogP contribution in [-0.4, -0.2) is 23.4 Å². The van der Waals surface area contributed by atoms with Gasteiger partial charge < -0.3 is 9.84 Å². The Labute approximate surface area is 124 Å². The third-order valence-corrected chi connectivity index (χ3v) is 6.67. The summed E-state index contributed by atoms with van der Waals surface area (Å²) in [5.41, 5.74) is 0.369. The fourth-order valence-electron chi connectivity index (χ4n) is 5.32. The van der Waals surface area contributed by atoms with Crippen molar-refractivity contribution in [3.05, 3.63) is 0 Å². The Hall–Kier alpha value is -0.0800. The maximum atomic E-state index is 11.1. The third-order valence-electron chi connectivity index (χ3n) is 6.67. The molecule has 0 aromatic heterocycles. The van der Waals surface area contributed by atoms with Crippen LogP contribution >= 0.6 is 0 Å². The number of hydrogen-bond acceptors (Lipinski definition) is 2. The summed E-state index contributed by atoms with van der Waals surface area (Å²) in [7, 11) is 0. The van der Waals surface area contributed by atoms with E-state index in [2.05, 4.69) is 6.92 Å². The molecular weight excluding hydrogens is 248 g/mol. The first-order valence-electron chi connectivity index (χ1n) is 9.02. The molecule has 2 saturated carbocycles. The molecule has 2 unspecified atom stereocenters. The summed E-state index contributed by atoms with van der Waals surface area (Å²) in [6.45, 7) is 3.16. The van der Waals surface area contributed by atoms with Crippen molar-refractivity contribution in [2.24, 2.45) is 11.3 Å². The Morgan fingerprint density at radius 1 is 1.05 bits per heavy atom. The lowest BCUT2D eigenvalue weighted by Crippen LogP contribution is -2.48. The van der Waals surface area contributed by atoms with E-state index < -0.39 is 0 Å². The van der Waals surface area contributed by atoms with E-state index >= 15 is 0 Å². The van der Waals surface area contributed by atoms with E-state index in [0.717, 1.165) is 25.9 Å². The van der Waals surface area contributed by atoms with Crippen LogP contribution in [0, 0.1) is 11.3 Å². The van der Waals surface area contributed by atoms with Crippen LogP contribution < -0.4 is 0 Å². The van der Waals surface area contributed by atoms with Crippen LogP contribution in [0.4, 0.5) is 0 Å². The van der Waals surface area contributed by atoms with Crippen LogP contribution in [0.15, 0.2) is 0 Å². The second kappa shape index (κ2) is 5.96. The van der Waals surface area contributed by atoms with Crippen LogP contribution in [-0.2, 0) is 4.74 Å². The molecule has 1 N–H and O–H groups in total. The first-order valence-corrected chi connectivity index (χ1v) is 9.02. The maximum absolute atomic E-state index is 11.1. The van der Waals surface area contributed by atoms with E-state index in [4.69, 9.17) is 4.74 Å². The molecule has 3 fully saturated rings.